The fourth-order valence-corrected chi connectivity index (χ4v) is 1.36. The fraction of sp³-hybridized carbons (Fsp3) is 1.00. The maximum absolute atomic E-state index is 5.78. The van der Waals surface area contributed by atoms with Crippen molar-refractivity contribution in [3.8, 4) is 0 Å². The quantitative estimate of drug-likeness (QED) is 0.639. The minimum absolute atomic E-state index is 0.323. The fourth-order valence-electron chi connectivity index (χ4n) is 1.36. The van der Waals surface area contributed by atoms with E-state index in [1.807, 2.05) is 27.7 Å². The summed E-state index contributed by atoms with van der Waals surface area (Å²) in [6.45, 7) is 8.69. The number of rotatable bonds is 6. The van der Waals surface area contributed by atoms with Gasteiger partial charge in [0, 0.05) is 7.11 Å². The van der Waals surface area contributed by atoms with E-state index in [1.165, 1.54) is 0 Å². The molecule has 80 valence electrons. The molecule has 0 atom stereocenters. The van der Waals surface area contributed by atoms with E-state index in [0.29, 0.717) is 13.2 Å². The monoisotopic (exact) mass is 191 g/mol. The molecule has 2 N–H and O–H groups in total. The van der Waals surface area contributed by atoms with Crippen molar-refractivity contribution in [2.45, 2.75) is 38.9 Å². The molecule has 0 saturated heterocycles. The zero-order chi connectivity index (χ0) is 10.5. The van der Waals surface area contributed by atoms with E-state index in [2.05, 4.69) is 4.84 Å². The first-order chi connectivity index (χ1) is 5.83. The Bertz CT molecular complexity index is 130. The third-order valence-corrected chi connectivity index (χ3v) is 1.48. The summed E-state index contributed by atoms with van der Waals surface area (Å²) in [5, 5.41) is 0. The molecule has 0 aromatic carbocycles. The normalized spacial score (nSPS) is 13.4. The Labute approximate surface area is 80.3 Å². The van der Waals surface area contributed by atoms with Gasteiger partial charge in [0.25, 0.3) is 0 Å². The summed E-state index contributed by atoms with van der Waals surface area (Å²) < 4.78 is 10.8. The van der Waals surface area contributed by atoms with Crippen molar-refractivity contribution in [2.75, 3.05) is 20.3 Å². The average molecular weight is 191 g/mol. The van der Waals surface area contributed by atoms with Gasteiger partial charge >= 0.3 is 0 Å². The first kappa shape index (κ1) is 12.8. The maximum atomic E-state index is 5.78. The summed E-state index contributed by atoms with van der Waals surface area (Å²) in [5.41, 5.74) is -0.715. The molecule has 0 heterocycles. The predicted molar refractivity (Wildman–Crippen MR) is 51.3 cm³/mol. The molecule has 0 fully saturated rings. The third kappa shape index (κ3) is 5.99. The molecule has 0 unspecified atom stereocenters. The Kier molecular flexibility index (Phi) is 4.85. The van der Waals surface area contributed by atoms with Crippen LogP contribution in [0.15, 0.2) is 0 Å². The Morgan fingerprint density at radius 1 is 1.00 bits per heavy atom. The molecule has 0 aliphatic rings. The second-order valence-corrected chi connectivity index (χ2v) is 4.37. The van der Waals surface area contributed by atoms with Crippen LogP contribution < -0.4 is 5.90 Å². The Balaban J connectivity index is 4.07. The van der Waals surface area contributed by atoms with E-state index in [0.717, 1.165) is 0 Å². The first-order valence-corrected chi connectivity index (χ1v) is 4.34. The highest BCUT2D eigenvalue weighted by molar-refractivity contribution is 4.76. The topological polar surface area (TPSA) is 53.7 Å². The van der Waals surface area contributed by atoms with Crippen LogP contribution in [0, 0.1) is 0 Å². The van der Waals surface area contributed by atoms with Gasteiger partial charge in [-0.1, -0.05) is 0 Å². The van der Waals surface area contributed by atoms with Crippen LogP contribution in [0.5, 0.6) is 0 Å². The Hall–Kier alpha value is -0.160. The van der Waals surface area contributed by atoms with Gasteiger partial charge in [0.05, 0.1) is 24.4 Å². The van der Waals surface area contributed by atoms with Gasteiger partial charge in [-0.3, -0.25) is 0 Å². The molecular weight excluding hydrogens is 170 g/mol. The SMILES string of the molecule is COCC(C)(C)OC(C)(C)CON. The van der Waals surface area contributed by atoms with E-state index in [9.17, 15) is 0 Å². The van der Waals surface area contributed by atoms with Crippen LogP contribution in [0.1, 0.15) is 27.7 Å². The molecule has 4 nitrogen and oxygen atoms in total. The molecule has 0 amide bonds. The lowest BCUT2D eigenvalue weighted by Crippen LogP contribution is -2.43. The van der Waals surface area contributed by atoms with Crippen LogP contribution in [0.25, 0.3) is 0 Å². The second kappa shape index (κ2) is 4.91. The van der Waals surface area contributed by atoms with Crippen molar-refractivity contribution in [1.29, 1.82) is 0 Å². The minimum Gasteiger partial charge on any atom is -0.382 e. The van der Waals surface area contributed by atoms with Gasteiger partial charge < -0.3 is 14.3 Å². The van der Waals surface area contributed by atoms with E-state index >= 15 is 0 Å². The summed E-state index contributed by atoms with van der Waals surface area (Å²) in [7, 11) is 1.65. The average Bonchev–Trinajstić information content (AvgIpc) is 1.82. The maximum Gasteiger partial charge on any atom is 0.0964 e. The van der Waals surface area contributed by atoms with E-state index < -0.39 is 5.60 Å². The Morgan fingerprint density at radius 3 is 1.85 bits per heavy atom. The molecule has 0 radical (unpaired) electrons. The largest absolute Gasteiger partial charge is 0.382 e. The van der Waals surface area contributed by atoms with Crippen molar-refractivity contribution < 1.29 is 14.3 Å². The minimum atomic E-state index is -0.392. The van der Waals surface area contributed by atoms with Crippen molar-refractivity contribution in [3.05, 3.63) is 0 Å². The third-order valence-electron chi connectivity index (χ3n) is 1.48. The van der Waals surface area contributed by atoms with Crippen LogP contribution in [-0.2, 0) is 14.3 Å². The van der Waals surface area contributed by atoms with Gasteiger partial charge in [-0.15, -0.1) is 0 Å². The zero-order valence-electron chi connectivity index (χ0n) is 9.22. The molecule has 4 heteroatoms. The summed E-state index contributed by atoms with van der Waals surface area (Å²) in [5.74, 6) is 5.00. The highest BCUT2D eigenvalue weighted by Crippen LogP contribution is 2.20. The molecule has 0 saturated carbocycles. The highest BCUT2D eigenvalue weighted by Gasteiger charge is 2.29. The lowest BCUT2D eigenvalue weighted by molar-refractivity contribution is -0.169. The number of hydrogen-bond acceptors (Lipinski definition) is 4. The van der Waals surface area contributed by atoms with Crippen molar-refractivity contribution in [1.82, 2.24) is 0 Å². The predicted octanol–water partition coefficient (Wildman–Crippen LogP) is 1.10. The van der Waals surface area contributed by atoms with Crippen LogP contribution in [-0.4, -0.2) is 31.5 Å². The molecule has 0 bridgehead atoms. The molecule has 0 aromatic rings. The number of methoxy groups -OCH3 is 1. The van der Waals surface area contributed by atoms with E-state index in [1.54, 1.807) is 7.11 Å². The summed E-state index contributed by atoms with van der Waals surface area (Å²) in [6.07, 6.45) is 0. The molecule has 0 spiro atoms. The van der Waals surface area contributed by atoms with Gasteiger partial charge in [-0.2, -0.15) is 0 Å². The molecule has 0 aliphatic heterocycles. The van der Waals surface area contributed by atoms with E-state index in [-0.39, 0.29) is 5.60 Å². The molecule has 0 rings (SSSR count). The van der Waals surface area contributed by atoms with Crippen LogP contribution in [0.4, 0.5) is 0 Å². The smallest absolute Gasteiger partial charge is 0.0964 e. The van der Waals surface area contributed by atoms with Gasteiger partial charge in [-0.25, -0.2) is 5.90 Å². The molecule has 0 aliphatic carbocycles. The second-order valence-electron chi connectivity index (χ2n) is 4.37. The zero-order valence-corrected chi connectivity index (χ0v) is 9.22. The van der Waals surface area contributed by atoms with Gasteiger partial charge in [0.2, 0.25) is 0 Å². The molecule has 0 aromatic heterocycles. The van der Waals surface area contributed by atoms with Crippen LogP contribution in [0.3, 0.4) is 0 Å². The lowest BCUT2D eigenvalue weighted by atomic mass is 10.1. The number of ether oxygens (including phenoxy) is 2. The van der Waals surface area contributed by atoms with Gasteiger partial charge in [0.15, 0.2) is 0 Å². The number of nitrogens with two attached hydrogens (primary N) is 1. The summed E-state index contributed by atoms with van der Waals surface area (Å²) in [6, 6.07) is 0. The molecule has 13 heavy (non-hydrogen) atoms. The van der Waals surface area contributed by atoms with Crippen molar-refractivity contribution in [2.24, 2.45) is 5.90 Å². The molecular formula is C9H21NO3. The summed E-state index contributed by atoms with van der Waals surface area (Å²) >= 11 is 0. The standard InChI is InChI=1S/C9H21NO3/c1-8(2,6-11-5)13-9(3,4)7-12-10/h6-7,10H2,1-5H3. The van der Waals surface area contributed by atoms with E-state index in [4.69, 9.17) is 15.4 Å². The number of hydrogen-bond donors (Lipinski definition) is 1. The Morgan fingerprint density at radius 2 is 1.46 bits per heavy atom. The van der Waals surface area contributed by atoms with Gasteiger partial charge in [0.1, 0.15) is 0 Å². The van der Waals surface area contributed by atoms with Crippen molar-refractivity contribution in [3.63, 3.8) is 0 Å². The lowest BCUT2D eigenvalue weighted by Gasteiger charge is -2.34. The van der Waals surface area contributed by atoms with Crippen LogP contribution in [0.2, 0.25) is 0 Å². The van der Waals surface area contributed by atoms with Crippen molar-refractivity contribution >= 4 is 0 Å². The summed E-state index contributed by atoms with van der Waals surface area (Å²) in [4.78, 5) is 4.56. The van der Waals surface area contributed by atoms with Gasteiger partial charge in [-0.05, 0) is 27.7 Å². The first-order valence-electron chi connectivity index (χ1n) is 4.34. The van der Waals surface area contributed by atoms with Crippen LogP contribution >= 0.6 is 0 Å². The highest BCUT2D eigenvalue weighted by atomic mass is 16.6.